The average Bonchev–Trinajstić information content (AvgIpc) is 2.62. The van der Waals surface area contributed by atoms with Gasteiger partial charge in [0.25, 0.3) is 0 Å². The van der Waals surface area contributed by atoms with Gasteiger partial charge in [-0.05, 0) is 19.1 Å². The third kappa shape index (κ3) is 4.17. The highest BCUT2D eigenvalue weighted by Gasteiger charge is 2.22. The number of para-hydroxylation sites is 1. The molecule has 132 valence electrons. The van der Waals surface area contributed by atoms with Crippen LogP contribution in [0.1, 0.15) is 5.82 Å². The summed E-state index contributed by atoms with van der Waals surface area (Å²) in [7, 11) is 3.94. The van der Waals surface area contributed by atoms with E-state index in [4.69, 9.17) is 0 Å². The summed E-state index contributed by atoms with van der Waals surface area (Å²) in [5.41, 5.74) is 0.817. The number of hydrogen-bond acceptors (Lipinski definition) is 5. The first-order valence-electron chi connectivity index (χ1n) is 8.42. The molecule has 1 saturated heterocycles. The topological polar surface area (TPSA) is 64.6 Å². The van der Waals surface area contributed by atoms with Crippen molar-refractivity contribution in [3.63, 3.8) is 0 Å². The molecule has 1 aliphatic heterocycles. The SMILES string of the molecule is Cc1nc(N(C)C)cc(N2CCN(C(=O)Nc3ccccc3)CC2)n1. The molecule has 0 aliphatic carbocycles. The van der Waals surface area contributed by atoms with Crippen molar-refractivity contribution in [1.82, 2.24) is 14.9 Å². The molecule has 2 amide bonds. The van der Waals surface area contributed by atoms with E-state index in [0.29, 0.717) is 13.1 Å². The number of aromatic nitrogens is 2. The van der Waals surface area contributed by atoms with E-state index in [1.54, 1.807) is 0 Å². The third-order valence-corrected chi connectivity index (χ3v) is 4.19. The Bertz CT molecular complexity index is 726. The Balaban J connectivity index is 1.61. The second-order valence-electron chi connectivity index (χ2n) is 6.30. The van der Waals surface area contributed by atoms with Crippen LogP contribution >= 0.6 is 0 Å². The molecule has 0 saturated carbocycles. The number of rotatable bonds is 3. The van der Waals surface area contributed by atoms with Crippen molar-refractivity contribution < 1.29 is 4.79 Å². The first-order chi connectivity index (χ1) is 12.0. The molecule has 1 aromatic carbocycles. The van der Waals surface area contributed by atoms with Crippen molar-refractivity contribution in [3.8, 4) is 0 Å². The van der Waals surface area contributed by atoms with Gasteiger partial charge >= 0.3 is 6.03 Å². The number of nitrogens with one attached hydrogen (secondary N) is 1. The summed E-state index contributed by atoms with van der Waals surface area (Å²) < 4.78 is 0. The van der Waals surface area contributed by atoms with E-state index >= 15 is 0 Å². The fraction of sp³-hybridized carbons (Fsp3) is 0.389. The van der Waals surface area contributed by atoms with Crippen molar-refractivity contribution in [2.75, 3.05) is 55.4 Å². The molecule has 1 aromatic heterocycles. The first-order valence-corrected chi connectivity index (χ1v) is 8.42. The molecule has 2 aromatic rings. The molecule has 0 bridgehead atoms. The summed E-state index contributed by atoms with van der Waals surface area (Å²) in [4.78, 5) is 27.4. The fourth-order valence-electron chi connectivity index (χ4n) is 2.79. The summed E-state index contributed by atoms with van der Waals surface area (Å²) in [5.74, 6) is 2.57. The normalized spacial score (nSPS) is 14.4. The Morgan fingerprint density at radius 3 is 2.40 bits per heavy atom. The molecule has 7 nitrogen and oxygen atoms in total. The van der Waals surface area contributed by atoms with Gasteiger partial charge < -0.3 is 20.0 Å². The molecule has 0 atom stereocenters. The lowest BCUT2D eigenvalue weighted by Crippen LogP contribution is -2.50. The summed E-state index contributed by atoms with van der Waals surface area (Å²) in [6.07, 6.45) is 0. The van der Waals surface area contributed by atoms with E-state index in [-0.39, 0.29) is 6.03 Å². The van der Waals surface area contributed by atoms with Gasteiger partial charge in [-0.25, -0.2) is 14.8 Å². The number of anilines is 3. The molecule has 0 unspecified atom stereocenters. The minimum Gasteiger partial charge on any atom is -0.363 e. The van der Waals surface area contributed by atoms with Gasteiger partial charge in [0.15, 0.2) is 0 Å². The Morgan fingerprint density at radius 1 is 1.08 bits per heavy atom. The number of hydrogen-bond donors (Lipinski definition) is 1. The van der Waals surface area contributed by atoms with E-state index in [2.05, 4.69) is 20.2 Å². The number of carbonyl (C=O) groups excluding carboxylic acids is 1. The summed E-state index contributed by atoms with van der Waals surface area (Å²) in [6, 6.07) is 11.5. The predicted molar refractivity (Wildman–Crippen MR) is 100 cm³/mol. The van der Waals surface area contributed by atoms with Crippen LogP contribution < -0.4 is 15.1 Å². The van der Waals surface area contributed by atoms with Crippen LogP contribution in [0.25, 0.3) is 0 Å². The number of aryl methyl sites for hydroxylation is 1. The molecule has 3 rings (SSSR count). The van der Waals surface area contributed by atoms with Crippen LogP contribution in [0.2, 0.25) is 0 Å². The van der Waals surface area contributed by atoms with E-state index in [1.807, 2.05) is 67.2 Å². The smallest absolute Gasteiger partial charge is 0.321 e. The van der Waals surface area contributed by atoms with Crippen LogP contribution in [0.5, 0.6) is 0 Å². The zero-order valence-electron chi connectivity index (χ0n) is 14.9. The van der Waals surface area contributed by atoms with Crippen LogP contribution in [0.4, 0.5) is 22.1 Å². The molecule has 7 heteroatoms. The van der Waals surface area contributed by atoms with Gasteiger partial charge in [-0.3, -0.25) is 0 Å². The summed E-state index contributed by atoms with van der Waals surface area (Å²) >= 11 is 0. The maximum Gasteiger partial charge on any atom is 0.321 e. The second-order valence-corrected chi connectivity index (χ2v) is 6.30. The van der Waals surface area contributed by atoms with Gasteiger partial charge in [-0.2, -0.15) is 0 Å². The molecule has 1 N–H and O–H groups in total. The lowest BCUT2D eigenvalue weighted by molar-refractivity contribution is 0.208. The minimum atomic E-state index is -0.0568. The number of piperazine rings is 1. The number of carbonyl (C=O) groups is 1. The maximum absolute atomic E-state index is 12.4. The first kappa shape index (κ1) is 17.0. The maximum atomic E-state index is 12.4. The monoisotopic (exact) mass is 340 g/mol. The summed E-state index contributed by atoms with van der Waals surface area (Å²) in [6.45, 7) is 4.75. The molecule has 2 heterocycles. The molecule has 0 radical (unpaired) electrons. The van der Waals surface area contributed by atoms with Gasteiger partial charge in [0.05, 0.1) is 0 Å². The molecular formula is C18H24N6O. The van der Waals surface area contributed by atoms with Gasteiger partial charge in [-0.15, -0.1) is 0 Å². The van der Waals surface area contributed by atoms with Crippen LogP contribution in [0.3, 0.4) is 0 Å². The van der Waals surface area contributed by atoms with Crippen molar-refractivity contribution in [1.29, 1.82) is 0 Å². The quantitative estimate of drug-likeness (QED) is 0.928. The number of urea groups is 1. The summed E-state index contributed by atoms with van der Waals surface area (Å²) in [5, 5.41) is 2.94. The standard InChI is InChI=1S/C18H24N6O/c1-14-19-16(22(2)3)13-17(20-14)23-9-11-24(12-10-23)18(25)21-15-7-5-4-6-8-15/h4-8,13H,9-12H2,1-3H3,(H,21,25). The Morgan fingerprint density at radius 2 is 1.76 bits per heavy atom. The lowest BCUT2D eigenvalue weighted by Gasteiger charge is -2.35. The van der Waals surface area contributed by atoms with Crippen LogP contribution in [0, 0.1) is 6.92 Å². The molecule has 1 fully saturated rings. The minimum absolute atomic E-state index is 0.0568. The number of nitrogens with zero attached hydrogens (tertiary/aromatic N) is 5. The third-order valence-electron chi connectivity index (χ3n) is 4.19. The van der Waals surface area contributed by atoms with Crippen molar-refractivity contribution >= 4 is 23.4 Å². The Hall–Kier alpha value is -2.83. The highest BCUT2D eigenvalue weighted by Crippen LogP contribution is 2.19. The van der Waals surface area contributed by atoms with E-state index in [9.17, 15) is 4.79 Å². The number of benzene rings is 1. The zero-order valence-corrected chi connectivity index (χ0v) is 14.9. The lowest BCUT2D eigenvalue weighted by atomic mass is 10.3. The van der Waals surface area contributed by atoms with Gasteiger partial charge in [-0.1, -0.05) is 18.2 Å². The molecule has 0 spiro atoms. The Kier molecular flexibility index (Phi) is 5.02. The van der Waals surface area contributed by atoms with Gasteiger partial charge in [0.1, 0.15) is 17.5 Å². The van der Waals surface area contributed by atoms with Crippen molar-refractivity contribution in [2.45, 2.75) is 6.92 Å². The molecular weight excluding hydrogens is 316 g/mol. The Labute approximate surface area is 148 Å². The largest absolute Gasteiger partial charge is 0.363 e. The van der Waals surface area contributed by atoms with Gasteiger partial charge in [0.2, 0.25) is 0 Å². The molecule has 1 aliphatic rings. The zero-order chi connectivity index (χ0) is 17.8. The van der Waals surface area contributed by atoms with Gasteiger partial charge in [0, 0.05) is 52.0 Å². The van der Waals surface area contributed by atoms with Crippen LogP contribution in [0.15, 0.2) is 36.4 Å². The van der Waals surface area contributed by atoms with E-state index in [1.165, 1.54) is 0 Å². The highest BCUT2D eigenvalue weighted by atomic mass is 16.2. The van der Waals surface area contributed by atoms with E-state index < -0.39 is 0 Å². The van der Waals surface area contributed by atoms with E-state index in [0.717, 1.165) is 36.2 Å². The van der Waals surface area contributed by atoms with Crippen molar-refractivity contribution in [2.24, 2.45) is 0 Å². The van der Waals surface area contributed by atoms with Crippen molar-refractivity contribution in [3.05, 3.63) is 42.2 Å². The van der Waals surface area contributed by atoms with Crippen LogP contribution in [-0.4, -0.2) is 61.2 Å². The predicted octanol–water partition coefficient (Wildman–Crippen LogP) is 2.21. The second kappa shape index (κ2) is 7.38. The number of amides is 2. The molecule has 25 heavy (non-hydrogen) atoms. The fourth-order valence-corrected chi connectivity index (χ4v) is 2.79. The average molecular weight is 340 g/mol. The highest BCUT2D eigenvalue weighted by molar-refractivity contribution is 5.89. The van der Waals surface area contributed by atoms with Crippen LogP contribution in [-0.2, 0) is 0 Å².